The molecule has 2 amide bonds. The molecule has 4 aromatic carbocycles. The van der Waals surface area contributed by atoms with E-state index in [0.717, 1.165) is 9.87 Å². The maximum atomic E-state index is 14.6. The van der Waals surface area contributed by atoms with Gasteiger partial charge in [0.2, 0.25) is 11.8 Å². The van der Waals surface area contributed by atoms with Crippen LogP contribution in [0.25, 0.3) is 0 Å². The van der Waals surface area contributed by atoms with Gasteiger partial charge in [-0.05, 0) is 87.4 Å². The molecule has 0 aliphatic rings. The van der Waals surface area contributed by atoms with Crippen LogP contribution in [0.5, 0.6) is 5.75 Å². The number of nitrogens with one attached hydrogen (secondary N) is 1. The number of rotatable bonds is 13. The van der Waals surface area contributed by atoms with Crippen LogP contribution < -0.4 is 14.4 Å². The molecule has 0 bridgehead atoms. The first kappa shape index (κ1) is 35.8. The molecule has 0 saturated carbocycles. The Hall–Kier alpha value is -4.05. The molecule has 47 heavy (non-hydrogen) atoms. The van der Waals surface area contributed by atoms with E-state index in [4.69, 9.17) is 27.9 Å². The Bertz CT molecular complexity index is 1760. The summed E-state index contributed by atoms with van der Waals surface area (Å²) < 4.78 is 34.9. The van der Waals surface area contributed by atoms with Gasteiger partial charge < -0.3 is 15.0 Å². The van der Waals surface area contributed by atoms with Gasteiger partial charge in [-0.15, -0.1) is 0 Å². The van der Waals surface area contributed by atoms with Gasteiger partial charge in [-0.25, -0.2) is 8.42 Å². The summed E-state index contributed by atoms with van der Waals surface area (Å²) in [6.45, 7) is 7.24. The van der Waals surface area contributed by atoms with Crippen LogP contribution in [0, 0.1) is 0 Å². The number of hydrogen-bond donors (Lipinski definition) is 1. The molecule has 0 saturated heterocycles. The van der Waals surface area contributed by atoms with Crippen LogP contribution in [-0.2, 0) is 32.6 Å². The minimum absolute atomic E-state index is 0.0176. The van der Waals surface area contributed by atoms with E-state index >= 15 is 0 Å². The zero-order valence-electron chi connectivity index (χ0n) is 26.8. The molecule has 0 aliphatic carbocycles. The van der Waals surface area contributed by atoms with Crippen LogP contribution in [-0.4, -0.2) is 49.9 Å². The molecule has 8 nitrogen and oxygen atoms in total. The second kappa shape index (κ2) is 15.7. The van der Waals surface area contributed by atoms with Crippen molar-refractivity contribution in [3.05, 3.63) is 124 Å². The standard InChI is InChI=1S/C36H39Cl2N3O5S/c1-5-46-29-19-17-28(18-20-29)41(47(44,45)30-14-10-7-11-15-30)25-34(42)40(24-27-16-21-31(37)32(38)22-27)33(35(43)39-36(2,3)4)23-26-12-8-6-9-13-26/h6-22,33H,5,23-25H2,1-4H3,(H,39,43)/t33-/m1/s1. The van der Waals surface area contributed by atoms with Crippen LogP contribution in [0.2, 0.25) is 10.0 Å². The SMILES string of the molecule is CCOc1ccc(N(CC(=O)N(Cc2ccc(Cl)c(Cl)c2)[C@H](Cc2ccccc2)C(=O)NC(C)(C)C)S(=O)(=O)c2ccccc2)cc1. The lowest BCUT2D eigenvalue weighted by Gasteiger charge is -2.35. The third kappa shape index (κ3) is 9.73. The molecule has 0 fully saturated rings. The molecule has 0 radical (unpaired) electrons. The number of halogens is 2. The highest BCUT2D eigenvalue weighted by atomic mass is 35.5. The number of amides is 2. The van der Waals surface area contributed by atoms with E-state index < -0.39 is 34.1 Å². The molecule has 1 N–H and O–H groups in total. The van der Waals surface area contributed by atoms with Crippen LogP contribution in [0.1, 0.15) is 38.8 Å². The average molecular weight is 697 g/mol. The minimum Gasteiger partial charge on any atom is -0.494 e. The number of carbonyl (C=O) groups is 2. The summed E-state index contributed by atoms with van der Waals surface area (Å²) >= 11 is 12.5. The van der Waals surface area contributed by atoms with Gasteiger partial charge in [0.1, 0.15) is 18.3 Å². The van der Waals surface area contributed by atoms with Crippen molar-refractivity contribution in [2.75, 3.05) is 17.5 Å². The molecule has 0 aliphatic heterocycles. The number of ether oxygens (including phenoxy) is 1. The fourth-order valence-corrected chi connectivity index (χ4v) is 6.72. The first-order valence-corrected chi connectivity index (χ1v) is 17.4. The highest BCUT2D eigenvalue weighted by Gasteiger charge is 2.35. The number of sulfonamides is 1. The van der Waals surface area contributed by atoms with E-state index in [1.807, 2.05) is 58.0 Å². The van der Waals surface area contributed by atoms with Crippen molar-refractivity contribution in [1.29, 1.82) is 0 Å². The van der Waals surface area contributed by atoms with E-state index in [2.05, 4.69) is 5.32 Å². The predicted octanol–water partition coefficient (Wildman–Crippen LogP) is 7.14. The lowest BCUT2D eigenvalue weighted by molar-refractivity contribution is -0.140. The van der Waals surface area contributed by atoms with Crippen molar-refractivity contribution < 1.29 is 22.7 Å². The Labute approximate surface area is 287 Å². The van der Waals surface area contributed by atoms with Crippen molar-refractivity contribution in [3.8, 4) is 5.75 Å². The van der Waals surface area contributed by atoms with Crippen molar-refractivity contribution in [3.63, 3.8) is 0 Å². The summed E-state index contributed by atoms with van der Waals surface area (Å²) in [5.41, 5.74) is 1.11. The smallest absolute Gasteiger partial charge is 0.264 e. The van der Waals surface area contributed by atoms with Gasteiger partial charge in [0, 0.05) is 18.5 Å². The molecule has 0 heterocycles. The Morgan fingerprint density at radius 2 is 1.45 bits per heavy atom. The summed E-state index contributed by atoms with van der Waals surface area (Å²) in [6, 6.07) is 27.7. The normalized spacial score (nSPS) is 12.2. The Morgan fingerprint density at radius 3 is 2.02 bits per heavy atom. The van der Waals surface area contributed by atoms with Gasteiger partial charge >= 0.3 is 0 Å². The van der Waals surface area contributed by atoms with E-state index in [0.29, 0.717) is 22.9 Å². The molecule has 0 spiro atoms. The number of benzene rings is 4. The summed E-state index contributed by atoms with van der Waals surface area (Å²) in [4.78, 5) is 30.0. The number of nitrogens with zero attached hydrogens (tertiary/aromatic N) is 2. The van der Waals surface area contributed by atoms with Crippen molar-refractivity contribution in [1.82, 2.24) is 10.2 Å². The van der Waals surface area contributed by atoms with E-state index in [-0.39, 0.29) is 34.5 Å². The lowest BCUT2D eigenvalue weighted by Crippen LogP contribution is -2.56. The number of carbonyl (C=O) groups excluding carboxylic acids is 2. The van der Waals surface area contributed by atoms with Gasteiger partial charge in [-0.3, -0.25) is 13.9 Å². The minimum atomic E-state index is -4.22. The summed E-state index contributed by atoms with van der Waals surface area (Å²) in [6.07, 6.45) is 0.185. The molecule has 4 rings (SSSR count). The quantitative estimate of drug-likeness (QED) is 0.160. The largest absolute Gasteiger partial charge is 0.494 e. The average Bonchev–Trinajstić information content (AvgIpc) is 3.03. The maximum absolute atomic E-state index is 14.6. The third-order valence-electron chi connectivity index (χ3n) is 7.15. The molecule has 0 aromatic heterocycles. The van der Waals surface area contributed by atoms with Crippen molar-refractivity contribution in [2.45, 2.75) is 57.1 Å². The van der Waals surface area contributed by atoms with Gasteiger partial charge in [0.25, 0.3) is 10.0 Å². The second-order valence-electron chi connectivity index (χ2n) is 12.0. The molecule has 248 valence electrons. The summed E-state index contributed by atoms with van der Waals surface area (Å²) in [7, 11) is -4.22. The summed E-state index contributed by atoms with van der Waals surface area (Å²) in [5, 5.41) is 3.65. The fraction of sp³-hybridized carbons (Fsp3) is 0.278. The number of anilines is 1. The van der Waals surface area contributed by atoms with E-state index in [9.17, 15) is 18.0 Å². The zero-order valence-corrected chi connectivity index (χ0v) is 29.1. The zero-order chi connectivity index (χ0) is 34.2. The first-order chi connectivity index (χ1) is 22.3. The first-order valence-electron chi connectivity index (χ1n) is 15.2. The molecular formula is C36H39Cl2N3O5S. The predicted molar refractivity (Wildman–Crippen MR) is 187 cm³/mol. The van der Waals surface area contributed by atoms with Gasteiger partial charge in [0.15, 0.2) is 0 Å². The Morgan fingerprint density at radius 1 is 0.830 bits per heavy atom. The maximum Gasteiger partial charge on any atom is 0.264 e. The lowest BCUT2D eigenvalue weighted by atomic mass is 10.0. The fourth-order valence-electron chi connectivity index (χ4n) is 4.97. The van der Waals surface area contributed by atoms with Crippen LogP contribution in [0.4, 0.5) is 5.69 Å². The Kier molecular flexibility index (Phi) is 12.0. The van der Waals surface area contributed by atoms with Gasteiger partial charge in [-0.1, -0.05) is 77.8 Å². The van der Waals surface area contributed by atoms with E-state index in [1.54, 1.807) is 60.7 Å². The highest BCUT2D eigenvalue weighted by molar-refractivity contribution is 7.92. The third-order valence-corrected chi connectivity index (χ3v) is 9.68. The molecule has 0 unspecified atom stereocenters. The second-order valence-corrected chi connectivity index (χ2v) is 14.6. The van der Waals surface area contributed by atoms with Crippen molar-refractivity contribution in [2.24, 2.45) is 0 Å². The van der Waals surface area contributed by atoms with Gasteiger partial charge in [0.05, 0.1) is 27.2 Å². The van der Waals surface area contributed by atoms with Crippen LogP contribution >= 0.6 is 23.2 Å². The topological polar surface area (TPSA) is 96.0 Å². The molecule has 4 aromatic rings. The summed E-state index contributed by atoms with van der Waals surface area (Å²) in [5.74, 6) is -0.412. The van der Waals surface area contributed by atoms with Crippen LogP contribution in [0.3, 0.4) is 0 Å². The van der Waals surface area contributed by atoms with Gasteiger partial charge in [-0.2, -0.15) is 0 Å². The van der Waals surface area contributed by atoms with Crippen molar-refractivity contribution >= 4 is 50.7 Å². The molecule has 1 atom stereocenters. The monoisotopic (exact) mass is 695 g/mol. The Balaban J connectivity index is 1.82. The van der Waals surface area contributed by atoms with Crippen LogP contribution in [0.15, 0.2) is 108 Å². The molecular weight excluding hydrogens is 657 g/mol. The highest BCUT2D eigenvalue weighted by Crippen LogP contribution is 2.28. The molecule has 11 heteroatoms. The number of hydrogen-bond acceptors (Lipinski definition) is 5. The van der Waals surface area contributed by atoms with E-state index in [1.165, 1.54) is 17.0 Å².